The van der Waals surface area contributed by atoms with Gasteiger partial charge < -0.3 is 10.2 Å². The first-order valence-electron chi connectivity index (χ1n) is 13.3. The number of rotatable bonds is 13. The van der Waals surface area contributed by atoms with Crippen LogP contribution in [0.25, 0.3) is 11.1 Å². The summed E-state index contributed by atoms with van der Waals surface area (Å²) in [6.07, 6.45) is 5.00. The molecule has 0 aromatic heterocycles. The van der Waals surface area contributed by atoms with E-state index < -0.39 is 0 Å². The number of benzene rings is 2. The molecule has 0 bridgehead atoms. The van der Waals surface area contributed by atoms with Gasteiger partial charge in [0, 0.05) is 53.9 Å². The highest BCUT2D eigenvalue weighted by Crippen LogP contribution is 2.39. The Morgan fingerprint density at radius 3 is 1.53 bits per heavy atom. The van der Waals surface area contributed by atoms with Crippen molar-refractivity contribution in [1.29, 1.82) is 0 Å². The van der Waals surface area contributed by atoms with Crippen LogP contribution in [0.1, 0.15) is 77.6 Å². The van der Waals surface area contributed by atoms with Gasteiger partial charge >= 0.3 is 0 Å². The fraction of sp³-hybridized carbons (Fsp3) is 0.500. The van der Waals surface area contributed by atoms with Gasteiger partial charge in [0.05, 0.1) is 0 Å². The first kappa shape index (κ1) is 29.7. The zero-order chi connectivity index (χ0) is 27.2. The Bertz CT molecular complexity index is 1020. The molecule has 2 aromatic carbocycles. The maximum Gasteiger partial charge on any atom is 0.127 e. The van der Waals surface area contributed by atoms with Crippen LogP contribution in [0.2, 0.25) is 0 Å². The SMILES string of the molecule is C=CCc1cc(CN(C(C)C)C(C)C)c(O)c(-c2cc(CC=C)c(O)c(CN(C(C)C)C(C)C)c2)c1. The van der Waals surface area contributed by atoms with Crippen LogP contribution < -0.4 is 0 Å². The van der Waals surface area contributed by atoms with Crippen LogP contribution in [-0.2, 0) is 25.9 Å². The van der Waals surface area contributed by atoms with Gasteiger partial charge in [0.25, 0.3) is 0 Å². The molecule has 4 nitrogen and oxygen atoms in total. The highest BCUT2D eigenvalue weighted by molar-refractivity contribution is 5.75. The maximum absolute atomic E-state index is 11.5. The van der Waals surface area contributed by atoms with E-state index in [9.17, 15) is 10.2 Å². The Morgan fingerprint density at radius 1 is 0.639 bits per heavy atom. The molecule has 0 unspecified atom stereocenters. The van der Waals surface area contributed by atoms with Crippen LogP contribution in [0.3, 0.4) is 0 Å². The minimum Gasteiger partial charge on any atom is -0.507 e. The highest BCUT2D eigenvalue weighted by Gasteiger charge is 2.22. The van der Waals surface area contributed by atoms with Crippen molar-refractivity contribution in [2.24, 2.45) is 0 Å². The van der Waals surface area contributed by atoms with Gasteiger partial charge in [-0.2, -0.15) is 0 Å². The van der Waals surface area contributed by atoms with Gasteiger partial charge in [0.15, 0.2) is 0 Å². The van der Waals surface area contributed by atoms with Gasteiger partial charge in [-0.25, -0.2) is 0 Å². The van der Waals surface area contributed by atoms with Gasteiger partial charge in [0.2, 0.25) is 0 Å². The summed E-state index contributed by atoms with van der Waals surface area (Å²) in [6, 6.07) is 9.58. The second kappa shape index (κ2) is 13.1. The van der Waals surface area contributed by atoms with E-state index in [0.29, 0.717) is 55.2 Å². The van der Waals surface area contributed by atoms with E-state index in [-0.39, 0.29) is 0 Å². The Balaban J connectivity index is 2.73. The molecule has 0 saturated heterocycles. The monoisotopic (exact) mass is 492 g/mol. The van der Waals surface area contributed by atoms with Crippen LogP contribution in [0.4, 0.5) is 0 Å². The second-order valence-electron chi connectivity index (χ2n) is 11.0. The number of aromatic hydroxyl groups is 2. The van der Waals surface area contributed by atoms with Crippen LogP contribution >= 0.6 is 0 Å². The molecule has 0 amide bonds. The first-order chi connectivity index (χ1) is 16.9. The predicted octanol–water partition coefficient (Wildman–Crippen LogP) is 7.46. The predicted molar refractivity (Wildman–Crippen MR) is 155 cm³/mol. The molecule has 0 saturated carbocycles. The topological polar surface area (TPSA) is 46.9 Å². The van der Waals surface area contributed by atoms with E-state index >= 15 is 0 Å². The Labute approximate surface area is 220 Å². The summed E-state index contributed by atoms with van der Waals surface area (Å²) in [5.74, 6) is 0.623. The Morgan fingerprint density at radius 2 is 1.08 bits per heavy atom. The summed E-state index contributed by atoms with van der Waals surface area (Å²) >= 11 is 0. The fourth-order valence-corrected chi connectivity index (χ4v) is 5.05. The molecular weight excluding hydrogens is 444 g/mol. The van der Waals surface area contributed by atoms with Crippen molar-refractivity contribution in [3.63, 3.8) is 0 Å². The lowest BCUT2D eigenvalue weighted by Gasteiger charge is -2.31. The van der Waals surface area contributed by atoms with Gasteiger partial charge in [-0.05, 0) is 103 Å². The molecule has 198 valence electrons. The zero-order valence-electron chi connectivity index (χ0n) is 23.8. The van der Waals surface area contributed by atoms with Gasteiger partial charge in [-0.15, -0.1) is 13.2 Å². The largest absolute Gasteiger partial charge is 0.507 e. The molecule has 0 aliphatic carbocycles. The quantitative estimate of drug-likeness (QED) is 0.285. The van der Waals surface area contributed by atoms with Crippen molar-refractivity contribution in [2.45, 2.75) is 105 Å². The molecule has 0 aliphatic heterocycles. The first-order valence-corrected chi connectivity index (χ1v) is 13.3. The molecule has 2 rings (SSSR count). The molecule has 4 heteroatoms. The summed E-state index contributed by atoms with van der Waals surface area (Å²) < 4.78 is 0. The number of phenolic OH excluding ortho intramolecular Hbond substituents is 2. The van der Waals surface area contributed by atoms with Gasteiger partial charge in [0.1, 0.15) is 11.5 Å². The van der Waals surface area contributed by atoms with Crippen LogP contribution in [-0.4, -0.2) is 44.2 Å². The van der Waals surface area contributed by atoms with E-state index in [4.69, 9.17) is 0 Å². The van der Waals surface area contributed by atoms with Crippen molar-refractivity contribution >= 4 is 0 Å². The van der Waals surface area contributed by atoms with E-state index in [1.165, 1.54) is 0 Å². The van der Waals surface area contributed by atoms with Crippen molar-refractivity contribution in [1.82, 2.24) is 9.80 Å². The Kier molecular flexibility index (Phi) is 10.8. The number of hydrogen-bond acceptors (Lipinski definition) is 4. The molecule has 0 atom stereocenters. The zero-order valence-corrected chi connectivity index (χ0v) is 23.8. The highest BCUT2D eigenvalue weighted by atomic mass is 16.3. The summed E-state index contributed by atoms with van der Waals surface area (Å²) in [4.78, 5) is 4.74. The van der Waals surface area contributed by atoms with E-state index in [1.807, 2.05) is 24.3 Å². The van der Waals surface area contributed by atoms with Crippen LogP contribution in [0, 0.1) is 0 Å². The molecule has 0 aliphatic rings. The minimum atomic E-state index is 0.305. The van der Waals surface area contributed by atoms with Crippen molar-refractivity contribution in [2.75, 3.05) is 0 Å². The molecule has 0 radical (unpaired) electrons. The summed E-state index contributed by atoms with van der Waals surface area (Å²) in [7, 11) is 0. The van der Waals surface area contributed by atoms with Crippen molar-refractivity contribution in [3.05, 3.63) is 71.8 Å². The van der Waals surface area contributed by atoms with Gasteiger partial charge in [-0.1, -0.05) is 18.2 Å². The third kappa shape index (κ3) is 7.24. The summed E-state index contributed by atoms with van der Waals surface area (Å²) in [5, 5.41) is 22.7. The average Bonchev–Trinajstić information content (AvgIpc) is 2.78. The van der Waals surface area contributed by atoms with Gasteiger partial charge in [-0.3, -0.25) is 9.80 Å². The lowest BCUT2D eigenvalue weighted by Crippen LogP contribution is -2.36. The van der Waals surface area contributed by atoms with E-state index in [1.54, 1.807) is 0 Å². The number of allylic oxidation sites excluding steroid dienone is 2. The third-order valence-electron chi connectivity index (χ3n) is 6.93. The Hall–Kier alpha value is -2.56. The minimum absolute atomic E-state index is 0.305. The maximum atomic E-state index is 11.5. The van der Waals surface area contributed by atoms with E-state index in [0.717, 1.165) is 39.8 Å². The van der Waals surface area contributed by atoms with Crippen molar-refractivity contribution in [3.8, 4) is 22.6 Å². The lowest BCUT2D eigenvalue weighted by molar-refractivity contribution is 0.164. The van der Waals surface area contributed by atoms with E-state index in [2.05, 4.69) is 90.5 Å². The standard InChI is InChI=1S/C32H48N2O2/c1-11-13-25-15-28(19-33(21(3)4)22(5)6)32(36)30(16-25)27-17-26(14-12-2)31(35)29(18-27)20-34(23(7)8)24(9)10/h11-12,15-18,21-24,35-36H,1-2,13-14,19-20H2,3-10H3. The number of hydrogen-bond donors (Lipinski definition) is 2. The molecule has 2 aromatic rings. The fourth-order valence-electron chi connectivity index (χ4n) is 5.05. The normalized spacial score (nSPS) is 12.1. The number of phenols is 2. The smallest absolute Gasteiger partial charge is 0.127 e. The molecule has 0 fully saturated rings. The third-order valence-corrected chi connectivity index (χ3v) is 6.93. The molecule has 0 spiro atoms. The number of nitrogens with zero attached hydrogens (tertiary/aromatic N) is 2. The second-order valence-corrected chi connectivity index (χ2v) is 11.0. The van der Waals surface area contributed by atoms with Crippen molar-refractivity contribution < 1.29 is 10.2 Å². The average molecular weight is 493 g/mol. The molecule has 36 heavy (non-hydrogen) atoms. The lowest BCUT2D eigenvalue weighted by atomic mass is 9.92. The van der Waals surface area contributed by atoms with Crippen LogP contribution in [0.5, 0.6) is 11.5 Å². The summed E-state index contributed by atoms with van der Waals surface area (Å²) in [5.41, 5.74) is 5.43. The molecule has 2 N–H and O–H groups in total. The molecule has 0 heterocycles. The van der Waals surface area contributed by atoms with Crippen LogP contribution in [0.15, 0.2) is 49.6 Å². The molecular formula is C32H48N2O2. The summed E-state index contributed by atoms with van der Waals surface area (Å²) in [6.45, 7) is 26.6.